The van der Waals surface area contributed by atoms with Gasteiger partial charge in [-0.25, -0.2) is 8.78 Å². The summed E-state index contributed by atoms with van der Waals surface area (Å²) in [6, 6.07) is 2.64. The molecular formula is C12H16F2N2OS. The van der Waals surface area contributed by atoms with E-state index < -0.39 is 11.6 Å². The van der Waals surface area contributed by atoms with Crippen molar-refractivity contribution in [3.8, 4) is 0 Å². The van der Waals surface area contributed by atoms with Crippen LogP contribution in [-0.4, -0.2) is 24.2 Å². The van der Waals surface area contributed by atoms with E-state index in [0.717, 1.165) is 0 Å². The third-order valence-corrected chi connectivity index (χ3v) is 2.54. The zero-order valence-corrected chi connectivity index (χ0v) is 11.1. The third kappa shape index (κ3) is 3.61. The van der Waals surface area contributed by atoms with Crippen molar-refractivity contribution in [2.24, 2.45) is 5.73 Å². The van der Waals surface area contributed by atoms with Gasteiger partial charge < -0.3 is 15.8 Å². The average Bonchev–Trinajstić information content (AvgIpc) is 2.32. The highest BCUT2D eigenvalue weighted by Gasteiger charge is 2.16. The van der Waals surface area contributed by atoms with Gasteiger partial charge in [-0.1, -0.05) is 12.2 Å². The highest BCUT2D eigenvalue weighted by Crippen LogP contribution is 2.21. The summed E-state index contributed by atoms with van der Waals surface area (Å²) in [4.78, 5) is -0.166. The van der Waals surface area contributed by atoms with Crippen molar-refractivity contribution >= 4 is 22.9 Å². The topological polar surface area (TPSA) is 47.3 Å². The second-order valence-electron chi connectivity index (χ2n) is 3.86. The van der Waals surface area contributed by atoms with E-state index in [1.54, 1.807) is 0 Å². The summed E-state index contributed by atoms with van der Waals surface area (Å²) in [5.74, 6) is -2.01. The van der Waals surface area contributed by atoms with Gasteiger partial charge in [-0.3, -0.25) is 0 Å². The van der Waals surface area contributed by atoms with Crippen molar-refractivity contribution in [3.05, 3.63) is 29.3 Å². The van der Waals surface area contributed by atoms with E-state index in [-0.39, 0.29) is 22.3 Å². The van der Waals surface area contributed by atoms with E-state index in [1.807, 2.05) is 13.8 Å². The van der Waals surface area contributed by atoms with Gasteiger partial charge in [0.2, 0.25) is 0 Å². The van der Waals surface area contributed by atoms with Crippen molar-refractivity contribution in [1.82, 2.24) is 0 Å². The summed E-state index contributed by atoms with van der Waals surface area (Å²) in [7, 11) is 0. The van der Waals surface area contributed by atoms with Gasteiger partial charge in [0.25, 0.3) is 0 Å². The normalized spacial score (nSPS) is 12.2. The Kier molecular flexibility index (Phi) is 5.43. The SMILES string of the molecule is CCOCC(C)Nc1ccc(C(N)=S)c(F)c1F. The number of hydrogen-bond acceptors (Lipinski definition) is 3. The van der Waals surface area contributed by atoms with Crippen LogP contribution in [0.3, 0.4) is 0 Å². The van der Waals surface area contributed by atoms with Gasteiger partial charge >= 0.3 is 0 Å². The van der Waals surface area contributed by atoms with E-state index in [2.05, 4.69) is 17.5 Å². The first kappa shape index (κ1) is 14.8. The van der Waals surface area contributed by atoms with Gasteiger partial charge in [0.15, 0.2) is 11.6 Å². The molecule has 1 atom stereocenters. The molecule has 0 aromatic heterocycles. The fourth-order valence-electron chi connectivity index (χ4n) is 1.45. The number of halogens is 2. The zero-order chi connectivity index (χ0) is 13.7. The van der Waals surface area contributed by atoms with Crippen LogP contribution in [0.5, 0.6) is 0 Å². The Morgan fingerprint density at radius 3 is 2.67 bits per heavy atom. The summed E-state index contributed by atoms with van der Waals surface area (Å²) < 4.78 is 32.5. The Labute approximate surface area is 110 Å². The van der Waals surface area contributed by atoms with Gasteiger partial charge in [-0.05, 0) is 26.0 Å². The summed E-state index contributed by atoms with van der Waals surface area (Å²) in [5.41, 5.74) is 5.26. The van der Waals surface area contributed by atoms with Crippen molar-refractivity contribution in [2.45, 2.75) is 19.9 Å². The van der Waals surface area contributed by atoms with Crippen LogP contribution in [-0.2, 0) is 4.74 Å². The minimum Gasteiger partial charge on any atom is -0.389 e. The second-order valence-corrected chi connectivity index (χ2v) is 4.30. The standard InChI is InChI=1S/C12H16F2N2OS/c1-3-17-6-7(2)16-9-5-4-8(12(15)18)10(13)11(9)14/h4-5,7,16H,3,6H2,1-2H3,(H2,15,18). The number of nitrogens with two attached hydrogens (primary N) is 1. The molecule has 3 nitrogen and oxygen atoms in total. The molecule has 0 heterocycles. The highest BCUT2D eigenvalue weighted by molar-refractivity contribution is 7.80. The smallest absolute Gasteiger partial charge is 0.182 e. The molecule has 0 aliphatic carbocycles. The molecule has 0 spiro atoms. The Hall–Kier alpha value is -1.27. The molecule has 1 unspecified atom stereocenters. The molecule has 100 valence electrons. The monoisotopic (exact) mass is 274 g/mol. The maximum Gasteiger partial charge on any atom is 0.182 e. The number of thiocarbonyl (C=S) groups is 1. The molecule has 0 saturated carbocycles. The van der Waals surface area contributed by atoms with Gasteiger partial charge in [-0.15, -0.1) is 0 Å². The lowest BCUT2D eigenvalue weighted by Gasteiger charge is -2.16. The lowest BCUT2D eigenvalue weighted by Crippen LogP contribution is -2.23. The number of benzene rings is 1. The van der Waals surface area contributed by atoms with Gasteiger partial charge in [-0.2, -0.15) is 0 Å². The molecule has 0 radical (unpaired) electrons. The second kappa shape index (κ2) is 6.61. The van der Waals surface area contributed by atoms with Crippen molar-refractivity contribution in [3.63, 3.8) is 0 Å². The van der Waals surface area contributed by atoms with Crippen LogP contribution in [0.1, 0.15) is 19.4 Å². The number of ether oxygens (including phenoxy) is 1. The largest absolute Gasteiger partial charge is 0.389 e. The fraction of sp³-hybridized carbons (Fsp3) is 0.417. The minimum absolute atomic E-state index is 0.0692. The molecule has 0 amide bonds. The molecular weight excluding hydrogens is 258 g/mol. The van der Waals surface area contributed by atoms with Gasteiger partial charge in [0.1, 0.15) is 4.99 Å². The molecule has 0 fully saturated rings. The lowest BCUT2D eigenvalue weighted by molar-refractivity contribution is 0.141. The number of anilines is 1. The summed E-state index contributed by atoms with van der Waals surface area (Å²) in [6.45, 7) is 4.66. The van der Waals surface area contributed by atoms with Crippen LogP contribution >= 0.6 is 12.2 Å². The fourth-order valence-corrected chi connectivity index (χ4v) is 1.61. The van der Waals surface area contributed by atoms with Crippen molar-refractivity contribution in [2.75, 3.05) is 18.5 Å². The first-order chi connectivity index (χ1) is 8.47. The molecule has 0 aliphatic rings. The van der Waals surface area contributed by atoms with Crippen molar-refractivity contribution in [1.29, 1.82) is 0 Å². The van der Waals surface area contributed by atoms with E-state index in [0.29, 0.717) is 13.2 Å². The number of nitrogens with one attached hydrogen (secondary N) is 1. The van der Waals surface area contributed by atoms with Crippen molar-refractivity contribution < 1.29 is 13.5 Å². The van der Waals surface area contributed by atoms with E-state index in [9.17, 15) is 8.78 Å². The molecule has 1 aromatic carbocycles. The summed E-state index contributed by atoms with van der Waals surface area (Å²) in [5, 5.41) is 2.83. The maximum absolute atomic E-state index is 13.7. The van der Waals surface area contributed by atoms with Crippen LogP contribution in [0.25, 0.3) is 0 Å². The third-order valence-electron chi connectivity index (χ3n) is 2.32. The molecule has 3 N–H and O–H groups in total. The molecule has 1 rings (SSSR count). The molecule has 0 aliphatic heterocycles. The molecule has 0 bridgehead atoms. The Bertz CT molecular complexity index is 440. The first-order valence-electron chi connectivity index (χ1n) is 5.59. The Morgan fingerprint density at radius 2 is 2.11 bits per heavy atom. The maximum atomic E-state index is 13.7. The van der Waals surface area contributed by atoms with Crippen LogP contribution in [0.2, 0.25) is 0 Å². The number of hydrogen-bond donors (Lipinski definition) is 2. The quantitative estimate of drug-likeness (QED) is 0.782. The average molecular weight is 274 g/mol. The molecule has 6 heteroatoms. The minimum atomic E-state index is -1.03. The Morgan fingerprint density at radius 1 is 1.44 bits per heavy atom. The van der Waals surface area contributed by atoms with Crippen LogP contribution in [0, 0.1) is 11.6 Å². The Balaban J connectivity index is 2.85. The number of rotatable bonds is 6. The van der Waals surface area contributed by atoms with E-state index in [1.165, 1.54) is 12.1 Å². The summed E-state index contributed by atoms with van der Waals surface area (Å²) in [6.07, 6.45) is 0. The summed E-state index contributed by atoms with van der Waals surface area (Å²) >= 11 is 4.63. The van der Waals surface area contributed by atoms with Crippen LogP contribution < -0.4 is 11.1 Å². The van der Waals surface area contributed by atoms with Crippen LogP contribution in [0.4, 0.5) is 14.5 Å². The van der Waals surface area contributed by atoms with Crippen LogP contribution in [0.15, 0.2) is 12.1 Å². The molecule has 0 saturated heterocycles. The predicted octanol–water partition coefficient (Wildman–Crippen LogP) is 2.44. The van der Waals surface area contributed by atoms with Gasteiger partial charge in [0, 0.05) is 18.2 Å². The predicted molar refractivity (Wildman–Crippen MR) is 71.8 cm³/mol. The van der Waals surface area contributed by atoms with E-state index >= 15 is 0 Å². The zero-order valence-electron chi connectivity index (χ0n) is 10.3. The lowest BCUT2D eigenvalue weighted by atomic mass is 10.1. The van der Waals surface area contributed by atoms with Gasteiger partial charge in [0.05, 0.1) is 12.3 Å². The van der Waals surface area contributed by atoms with E-state index in [4.69, 9.17) is 10.5 Å². The molecule has 18 heavy (non-hydrogen) atoms. The molecule has 1 aromatic rings. The highest BCUT2D eigenvalue weighted by atomic mass is 32.1. The first-order valence-corrected chi connectivity index (χ1v) is 6.00.